The molecule has 0 bridgehead atoms. The van der Waals surface area contributed by atoms with Crippen molar-refractivity contribution in [3.05, 3.63) is 57.6 Å². The van der Waals surface area contributed by atoms with Gasteiger partial charge in [0, 0.05) is 22.2 Å². The second-order valence-electron chi connectivity index (χ2n) is 3.93. The van der Waals surface area contributed by atoms with Gasteiger partial charge in [-0.05, 0) is 36.8 Å². The Morgan fingerprint density at radius 1 is 1.11 bits per heavy atom. The van der Waals surface area contributed by atoms with Gasteiger partial charge in [0.2, 0.25) is 0 Å². The molecule has 2 rings (SSSR count). The monoisotopic (exact) mass is 281 g/mol. The standard InChI is InChI=1S/C14H13Cl2NO/c1-9-5-6-10(15)7-14(9)18-13-4-2-3-12(16)11(13)8-17/h2-7H,8,17H2,1H3. The Hall–Kier alpha value is -1.22. The lowest BCUT2D eigenvalue weighted by Crippen LogP contribution is -2.00. The second kappa shape index (κ2) is 5.61. The quantitative estimate of drug-likeness (QED) is 0.896. The van der Waals surface area contributed by atoms with Crippen LogP contribution in [0.1, 0.15) is 11.1 Å². The molecular weight excluding hydrogens is 269 g/mol. The van der Waals surface area contributed by atoms with Gasteiger partial charge in [-0.3, -0.25) is 0 Å². The lowest BCUT2D eigenvalue weighted by atomic mass is 10.2. The molecule has 0 saturated heterocycles. The predicted molar refractivity (Wildman–Crippen MR) is 75.6 cm³/mol. The summed E-state index contributed by atoms with van der Waals surface area (Å²) in [7, 11) is 0. The molecule has 94 valence electrons. The van der Waals surface area contributed by atoms with Gasteiger partial charge in [0.25, 0.3) is 0 Å². The Kier molecular flexibility index (Phi) is 4.12. The summed E-state index contributed by atoms with van der Waals surface area (Å²) in [6.45, 7) is 2.28. The first kappa shape index (κ1) is 13.2. The molecule has 0 atom stereocenters. The fraction of sp³-hybridized carbons (Fsp3) is 0.143. The minimum absolute atomic E-state index is 0.328. The van der Waals surface area contributed by atoms with Gasteiger partial charge in [0.05, 0.1) is 0 Å². The number of nitrogens with two attached hydrogens (primary N) is 1. The molecule has 0 aliphatic rings. The van der Waals surface area contributed by atoms with Crippen LogP contribution in [0.4, 0.5) is 0 Å². The highest BCUT2D eigenvalue weighted by atomic mass is 35.5. The van der Waals surface area contributed by atoms with Gasteiger partial charge in [-0.2, -0.15) is 0 Å². The molecule has 2 nitrogen and oxygen atoms in total. The van der Waals surface area contributed by atoms with Crippen LogP contribution in [0.25, 0.3) is 0 Å². The first-order valence-corrected chi connectivity index (χ1v) is 6.29. The largest absolute Gasteiger partial charge is 0.457 e. The van der Waals surface area contributed by atoms with Crippen molar-refractivity contribution in [2.45, 2.75) is 13.5 Å². The normalized spacial score (nSPS) is 10.4. The fourth-order valence-electron chi connectivity index (χ4n) is 1.63. The zero-order chi connectivity index (χ0) is 13.1. The van der Waals surface area contributed by atoms with Gasteiger partial charge in [-0.25, -0.2) is 0 Å². The van der Waals surface area contributed by atoms with Crippen LogP contribution in [0.3, 0.4) is 0 Å². The summed E-state index contributed by atoms with van der Waals surface area (Å²) in [6, 6.07) is 11.0. The zero-order valence-electron chi connectivity index (χ0n) is 9.91. The van der Waals surface area contributed by atoms with E-state index in [0.29, 0.717) is 28.1 Å². The lowest BCUT2D eigenvalue weighted by Gasteiger charge is -2.13. The van der Waals surface area contributed by atoms with Crippen molar-refractivity contribution in [3.8, 4) is 11.5 Å². The highest BCUT2D eigenvalue weighted by Crippen LogP contribution is 2.32. The number of hydrogen-bond acceptors (Lipinski definition) is 2. The molecule has 2 N–H and O–H groups in total. The molecular formula is C14H13Cl2NO. The van der Waals surface area contributed by atoms with Gasteiger partial charge in [0.1, 0.15) is 11.5 Å². The van der Waals surface area contributed by atoms with E-state index in [1.807, 2.05) is 31.2 Å². The molecule has 0 radical (unpaired) electrons. The van der Waals surface area contributed by atoms with E-state index in [9.17, 15) is 0 Å². The van der Waals surface area contributed by atoms with Crippen LogP contribution in [0, 0.1) is 6.92 Å². The number of benzene rings is 2. The Morgan fingerprint density at radius 3 is 2.61 bits per heavy atom. The van der Waals surface area contributed by atoms with E-state index in [2.05, 4.69) is 0 Å². The van der Waals surface area contributed by atoms with E-state index in [4.69, 9.17) is 33.7 Å². The minimum atomic E-state index is 0.328. The summed E-state index contributed by atoms with van der Waals surface area (Å²) >= 11 is 12.0. The molecule has 4 heteroatoms. The smallest absolute Gasteiger partial charge is 0.133 e. The molecule has 18 heavy (non-hydrogen) atoms. The van der Waals surface area contributed by atoms with E-state index in [0.717, 1.165) is 11.1 Å². The second-order valence-corrected chi connectivity index (χ2v) is 4.78. The van der Waals surface area contributed by atoms with Gasteiger partial charge >= 0.3 is 0 Å². The minimum Gasteiger partial charge on any atom is -0.457 e. The Bertz CT molecular complexity index is 570. The molecule has 0 unspecified atom stereocenters. The van der Waals surface area contributed by atoms with E-state index < -0.39 is 0 Å². The number of hydrogen-bond donors (Lipinski definition) is 1. The highest BCUT2D eigenvalue weighted by molar-refractivity contribution is 6.31. The third-order valence-corrected chi connectivity index (χ3v) is 3.24. The Balaban J connectivity index is 2.40. The van der Waals surface area contributed by atoms with E-state index in [1.54, 1.807) is 12.1 Å². The van der Waals surface area contributed by atoms with E-state index in [-0.39, 0.29) is 0 Å². The summed E-state index contributed by atoms with van der Waals surface area (Å²) in [6.07, 6.45) is 0. The zero-order valence-corrected chi connectivity index (χ0v) is 11.4. The SMILES string of the molecule is Cc1ccc(Cl)cc1Oc1cccc(Cl)c1CN. The topological polar surface area (TPSA) is 35.2 Å². The van der Waals surface area contributed by atoms with Crippen LogP contribution >= 0.6 is 23.2 Å². The Morgan fingerprint density at radius 2 is 1.89 bits per heavy atom. The molecule has 0 heterocycles. The fourth-order valence-corrected chi connectivity index (χ4v) is 2.04. The van der Waals surface area contributed by atoms with Crippen LogP contribution in [0.2, 0.25) is 10.0 Å². The first-order valence-electron chi connectivity index (χ1n) is 5.53. The van der Waals surface area contributed by atoms with Crippen molar-refractivity contribution < 1.29 is 4.74 Å². The highest BCUT2D eigenvalue weighted by Gasteiger charge is 2.09. The first-order chi connectivity index (χ1) is 8.61. The van der Waals surface area contributed by atoms with Crippen molar-refractivity contribution in [3.63, 3.8) is 0 Å². The summed E-state index contributed by atoms with van der Waals surface area (Å²) < 4.78 is 5.84. The number of ether oxygens (including phenoxy) is 1. The van der Waals surface area contributed by atoms with Gasteiger partial charge in [-0.15, -0.1) is 0 Å². The van der Waals surface area contributed by atoms with Crippen molar-refractivity contribution in [2.24, 2.45) is 5.73 Å². The average molecular weight is 282 g/mol. The summed E-state index contributed by atoms with van der Waals surface area (Å²) in [5, 5.41) is 1.24. The van der Waals surface area contributed by atoms with Crippen molar-refractivity contribution in [1.82, 2.24) is 0 Å². The van der Waals surface area contributed by atoms with Crippen molar-refractivity contribution in [2.75, 3.05) is 0 Å². The van der Waals surface area contributed by atoms with Crippen LogP contribution < -0.4 is 10.5 Å². The molecule has 2 aromatic carbocycles. The summed E-state index contributed by atoms with van der Waals surface area (Å²) in [4.78, 5) is 0. The molecule has 0 aliphatic heterocycles. The number of aryl methyl sites for hydroxylation is 1. The molecule has 0 fully saturated rings. The molecule has 0 saturated carbocycles. The third-order valence-electron chi connectivity index (χ3n) is 2.65. The van der Waals surface area contributed by atoms with Crippen molar-refractivity contribution >= 4 is 23.2 Å². The Labute approximate surface area is 116 Å². The molecule has 0 amide bonds. The van der Waals surface area contributed by atoms with Crippen LogP contribution in [0.15, 0.2) is 36.4 Å². The van der Waals surface area contributed by atoms with Crippen LogP contribution in [-0.2, 0) is 6.54 Å². The molecule has 0 aromatic heterocycles. The van der Waals surface area contributed by atoms with Gasteiger partial charge in [0.15, 0.2) is 0 Å². The number of halogens is 2. The maximum absolute atomic E-state index is 6.08. The predicted octanol–water partition coefficient (Wildman–Crippen LogP) is 4.55. The van der Waals surface area contributed by atoms with Gasteiger partial charge in [-0.1, -0.05) is 35.3 Å². The maximum Gasteiger partial charge on any atom is 0.133 e. The van der Waals surface area contributed by atoms with Gasteiger partial charge < -0.3 is 10.5 Å². The van der Waals surface area contributed by atoms with E-state index in [1.165, 1.54) is 0 Å². The van der Waals surface area contributed by atoms with Crippen LogP contribution in [0.5, 0.6) is 11.5 Å². The molecule has 0 aliphatic carbocycles. The maximum atomic E-state index is 6.08. The van der Waals surface area contributed by atoms with Crippen molar-refractivity contribution in [1.29, 1.82) is 0 Å². The summed E-state index contributed by atoms with van der Waals surface area (Å²) in [5.41, 5.74) is 7.48. The van der Waals surface area contributed by atoms with E-state index >= 15 is 0 Å². The third kappa shape index (κ3) is 2.78. The summed E-state index contributed by atoms with van der Waals surface area (Å²) in [5.74, 6) is 1.37. The molecule has 0 spiro atoms. The number of rotatable bonds is 3. The van der Waals surface area contributed by atoms with Crippen LogP contribution in [-0.4, -0.2) is 0 Å². The average Bonchev–Trinajstić information content (AvgIpc) is 2.34. The molecule has 2 aromatic rings. The lowest BCUT2D eigenvalue weighted by molar-refractivity contribution is 0.473.